The summed E-state index contributed by atoms with van der Waals surface area (Å²) in [4.78, 5) is 0. The van der Waals surface area contributed by atoms with E-state index in [1.54, 1.807) is 0 Å². The first-order valence-electron chi connectivity index (χ1n) is 7.05. The highest BCUT2D eigenvalue weighted by Crippen LogP contribution is 2.10. The number of unbranched alkanes of at least 4 members (excludes halogenated alkanes) is 5. The molecule has 0 aliphatic carbocycles. The SMILES string of the molecule is CCCCCCCCc1ccc(C#CCO)cc1. The van der Waals surface area contributed by atoms with Crippen LogP contribution in [0.3, 0.4) is 0 Å². The zero-order chi connectivity index (χ0) is 13.1. The molecule has 1 rings (SSSR count). The van der Waals surface area contributed by atoms with E-state index in [9.17, 15) is 0 Å². The lowest BCUT2D eigenvalue weighted by Gasteiger charge is -2.02. The fourth-order valence-corrected chi connectivity index (χ4v) is 2.01. The predicted molar refractivity (Wildman–Crippen MR) is 77.5 cm³/mol. The molecule has 18 heavy (non-hydrogen) atoms. The van der Waals surface area contributed by atoms with Gasteiger partial charge in [-0.05, 0) is 30.5 Å². The number of benzene rings is 1. The average Bonchev–Trinajstić information content (AvgIpc) is 2.42. The van der Waals surface area contributed by atoms with Gasteiger partial charge in [0.25, 0.3) is 0 Å². The second kappa shape index (κ2) is 9.74. The van der Waals surface area contributed by atoms with Gasteiger partial charge >= 0.3 is 0 Å². The van der Waals surface area contributed by atoms with Gasteiger partial charge in [0.2, 0.25) is 0 Å². The summed E-state index contributed by atoms with van der Waals surface area (Å²) < 4.78 is 0. The van der Waals surface area contributed by atoms with Crippen LogP contribution in [0.25, 0.3) is 0 Å². The van der Waals surface area contributed by atoms with Crippen LogP contribution in [-0.4, -0.2) is 11.7 Å². The van der Waals surface area contributed by atoms with E-state index < -0.39 is 0 Å². The molecular weight excluding hydrogens is 220 g/mol. The number of rotatable bonds is 7. The average molecular weight is 244 g/mol. The molecule has 1 heteroatoms. The minimum absolute atomic E-state index is 0.0699. The number of aliphatic hydroxyl groups is 1. The fraction of sp³-hybridized carbons (Fsp3) is 0.529. The topological polar surface area (TPSA) is 20.2 Å². The molecule has 0 fully saturated rings. The quantitative estimate of drug-likeness (QED) is 0.569. The number of hydrogen-bond donors (Lipinski definition) is 1. The van der Waals surface area contributed by atoms with E-state index in [1.165, 1.54) is 50.5 Å². The molecule has 1 aromatic carbocycles. The van der Waals surface area contributed by atoms with E-state index in [-0.39, 0.29) is 6.61 Å². The Morgan fingerprint density at radius 1 is 0.944 bits per heavy atom. The second-order valence-electron chi connectivity index (χ2n) is 4.67. The highest BCUT2D eigenvalue weighted by atomic mass is 16.2. The lowest BCUT2D eigenvalue weighted by atomic mass is 10.0. The molecule has 0 amide bonds. The van der Waals surface area contributed by atoms with E-state index in [2.05, 4.69) is 30.9 Å². The minimum Gasteiger partial charge on any atom is -0.384 e. The van der Waals surface area contributed by atoms with Crippen molar-refractivity contribution < 1.29 is 5.11 Å². The van der Waals surface area contributed by atoms with Crippen LogP contribution in [0.1, 0.15) is 56.6 Å². The molecule has 0 aromatic heterocycles. The lowest BCUT2D eigenvalue weighted by molar-refractivity contribution is 0.350. The van der Waals surface area contributed by atoms with Gasteiger partial charge in [0.05, 0.1) is 0 Å². The molecule has 0 saturated heterocycles. The van der Waals surface area contributed by atoms with Gasteiger partial charge < -0.3 is 5.11 Å². The number of aryl methyl sites for hydroxylation is 1. The maximum absolute atomic E-state index is 8.61. The van der Waals surface area contributed by atoms with E-state index in [0.717, 1.165) is 5.56 Å². The Bertz CT molecular complexity index is 367. The third-order valence-corrected chi connectivity index (χ3v) is 3.08. The van der Waals surface area contributed by atoms with Crippen molar-refractivity contribution in [2.24, 2.45) is 0 Å². The van der Waals surface area contributed by atoms with Gasteiger partial charge in [-0.1, -0.05) is 63.0 Å². The van der Waals surface area contributed by atoms with Crippen LogP contribution in [0.5, 0.6) is 0 Å². The van der Waals surface area contributed by atoms with Crippen LogP contribution in [0.4, 0.5) is 0 Å². The summed E-state index contributed by atoms with van der Waals surface area (Å²) in [7, 11) is 0. The molecule has 0 saturated carbocycles. The Morgan fingerprint density at radius 3 is 2.28 bits per heavy atom. The zero-order valence-corrected chi connectivity index (χ0v) is 11.4. The summed E-state index contributed by atoms with van der Waals surface area (Å²) in [5, 5.41) is 8.61. The van der Waals surface area contributed by atoms with Gasteiger partial charge in [-0.3, -0.25) is 0 Å². The zero-order valence-electron chi connectivity index (χ0n) is 11.4. The Balaban J connectivity index is 2.22. The smallest absolute Gasteiger partial charge is 0.104 e. The maximum Gasteiger partial charge on any atom is 0.104 e. The third-order valence-electron chi connectivity index (χ3n) is 3.08. The molecule has 1 N–H and O–H groups in total. The van der Waals surface area contributed by atoms with Crippen molar-refractivity contribution in [3.63, 3.8) is 0 Å². The molecule has 0 atom stereocenters. The standard InChI is InChI=1S/C17H24O/c1-2-3-4-5-6-7-9-16-11-13-17(14-12-16)10-8-15-18/h11-14,18H,2-7,9,15H2,1H3. The van der Waals surface area contributed by atoms with E-state index in [0.29, 0.717) is 0 Å². The van der Waals surface area contributed by atoms with Crippen molar-refractivity contribution >= 4 is 0 Å². The first-order chi connectivity index (χ1) is 8.86. The summed E-state index contributed by atoms with van der Waals surface area (Å²) in [6.45, 7) is 2.18. The molecule has 0 spiro atoms. The summed E-state index contributed by atoms with van der Waals surface area (Å²) in [6.07, 6.45) is 9.23. The highest BCUT2D eigenvalue weighted by molar-refractivity contribution is 5.36. The van der Waals surface area contributed by atoms with Gasteiger partial charge in [-0.25, -0.2) is 0 Å². The molecule has 0 aliphatic heterocycles. The summed E-state index contributed by atoms with van der Waals surface area (Å²) in [5.74, 6) is 5.57. The van der Waals surface area contributed by atoms with Crippen LogP contribution in [0.2, 0.25) is 0 Å². The molecule has 98 valence electrons. The second-order valence-corrected chi connectivity index (χ2v) is 4.67. The largest absolute Gasteiger partial charge is 0.384 e. The van der Waals surface area contributed by atoms with Gasteiger partial charge in [-0.15, -0.1) is 0 Å². The van der Waals surface area contributed by atoms with E-state index >= 15 is 0 Å². The summed E-state index contributed by atoms with van der Waals surface area (Å²) in [5.41, 5.74) is 2.37. The highest BCUT2D eigenvalue weighted by Gasteiger charge is 1.94. The fourth-order valence-electron chi connectivity index (χ4n) is 2.01. The molecule has 0 heterocycles. The van der Waals surface area contributed by atoms with Crippen LogP contribution >= 0.6 is 0 Å². The van der Waals surface area contributed by atoms with Gasteiger partial charge in [0.1, 0.15) is 6.61 Å². The van der Waals surface area contributed by atoms with E-state index in [4.69, 9.17) is 5.11 Å². The molecule has 1 aromatic rings. The molecule has 0 radical (unpaired) electrons. The first kappa shape index (κ1) is 14.8. The normalized spacial score (nSPS) is 9.89. The van der Waals surface area contributed by atoms with Crippen molar-refractivity contribution in [3.8, 4) is 11.8 Å². The van der Waals surface area contributed by atoms with Crippen molar-refractivity contribution in [2.45, 2.75) is 51.9 Å². The number of aliphatic hydroxyl groups excluding tert-OH is 1. The molecule has 0 bridgehead atoms. The Hall–Kier alpha value is -1.26. The lowest BCUT2D eigenvalue weighted by Crippen LogP contribution is -1.87. The van der Waals surface area contributed by atoms with Crippen molar-refractivity contribution in [3.05, 3.63) is 35.4 Å². The van der Waals surface area contributed by atoms with Gasteiger partial charge in [0, 0.05) is 5.56 Å². The predicted octanol–water partition coefficient (Wildman–Crippen LogP) is 3.93. The van der Waals surface area contributed by atoms with Crippen LogP contribution < -0.4 is 0 Å². The Morgan fingerprint density at radius 2 is 1.61 bits per heavy atom. The molecule has 0 aliphatic rings. The van der Waals surface area contributed by atoms with Crippen LogP contribution in [0, 0.1) is 11.8 Å². The third kappa shape index (κ3) is 6.47. The number of hydrogen-bond acceptors (Lipinski definition) is 1. The van der Waals surface area contributed by atoms with Crippen LogP contribution in [-0.2, 0) is 6.42 Å². The minimum atomic E-state index is -0.0699. The van der Waals surface area contributed by atoms with E-state index in [1.807, 2.05) is 12.1 Å². The summed E-state index contributed by atoms with van der Waals surface area (Å²) >= 11 is 0. The van der Waals surface area contributed by atoms with Gasteiger partial charge in [0.15, 0.2) is 0 Å². The van der Waals surface area contributed by atoms with Gasteiger partial charge in [-0.2, -0.15) is 0 Å². The Labute approximate surface area is 111 Å². The molecule has 1 nitrogen and oxygen atoms in total. The molecule has 0 unspecified atom stereocenters. The summed E-state index contributed by atoms with van der Waals surface area (Å²) in [6, 6.07) is 8.37. The first-order valence-corrected chi connectivity index (χ1v) is 7.05. The van der Waals surface area contributed by atoms with Crippen molar-refractivity contribution in [1.82, 2.24) is 0 Å². The molecular formula is C17H24O. The van der Waals surface area contributed by atoms with Crippen molar-refractivity contribution in [2.75, 3.05) is 6.61 Å². The monoisotopic (exact) mass is 244 g/mol. The maximum atomic E-state index is 8.61. The van der Waals surface area contributed by atoms with Crippen molar-refractivity contribution in [1.29, 1.82) is 0 Å². The van der Waals surface area contributed by atoms with Crippen LogP contribution in [0.15, 0.2) is 24.3 Å². The Kier molecular flexibility index (Phi) is 8.01.